The van der Waals surface area contributed by atoms with Gasteiger partial charge in [0.15, 0.2) is 0 Å². The maximum absolute atomic E-state index is 13.6. The van der Waals surface area contributed by atoms with E-state index in [-0.39, 0.29) is 0 Å². The molecular formula is C6H6BF3N6O15. The van der Waals surface area contributed by atoms with E-state index in [2.05, 4.69) is 14.0 Å². The van der Waals surface area contributed by atoms with E-state index in [1.165, 1.54) is 0 Å². The number of nitro groups is 6. The molecule has 0 radical (unpaired) electrons. The van der Waals surface area contributed by atoms with E-state index in [0.717, 1.165) is 0 Å². The highest BCUT2D eigenvalue weighted by Gasteiger charge is 2.63. The van der Waals surface area contributed by atoms with Crippen molar-refractivity contribution in [3.63, 3.8) is 0 Å². The Labute approximate surface area is 163 Å². The van der Waals surface area contributed by atoms with Gasteiger partial charge in [0.05, 0.1) is 0 Å². The quantitative estimate of drug-likeness (QED) is 0.0869. The summed E-state index contributed by atoms with van der Waals surface area (Å²) in [5.74, 6) is -14.1. The van der Waals surface area contributed by atoms with E-state index in [9.17, 15) is 73.9 Å². The summed E-state index contributed by atoms with van der Waals surface area (Å²) < 4.78 is 52.7. The molecule has 0 N–H and O–H groups in total. The standard InChI is InChI=1S/C6H6BF3N6O15/c8-4(11(17)18,12(19)20)1-29-7(30-2-5(9,13(21)22)14(23)24)31-3-6(10,15(25)26)16(27)28/h1-3H2. The number of hydrogen-bond donors (Lipinski definition) is 0. The van der Waals surface area contributed by atoms with Crippen molar-refractivity contribution in [3.8, 4) is 0 Å². The number of rotatable bonds is 15. The van der Waals surface area contributed by atoms with Crippen LogP contribution in [0.1, 0.15) is 0 Å². The van der Waals surface area contributed by atoms with Crippen molar-refractivity contribution >= 4 is 7.32 Å². The lowest BCUT2D eigenvalue weighted by Crippen LogP contribution is -2.52. The van der Waals surface area contributed by atoms with E-state index >= 15 is 0 Å². The van der Waals surface area contributed by atoms with Gasteiger partial charge in [-0.1, -0.05) is 13.2 Å². The minimum absolute atomic E-state index is 2.20. The van der Waals surface area contributed by atoms with Crippen molar-refractivity contribution in [1.82, 2.24) is 0 Å². The smallest absolute Gasteiger partial charge is 0.369 e. The minimum atomic E-state index is -4.71. The lowest BCUT2D eigenvalue weighted by atomic mass is 10.2. The van der Waals surface area contributed by atoms with E-state index in [1.54, 1.807) is 0 Å². The van der Waals surface area contributed by atoms with Gasteiger partial charge in [-0.25, -0.2) is 0 Å². The molecule has 0 unspecified atom stereocenters. The van der Waals surface area contributed by atoms with Crippen LogP contribution >= 0.6 is 0 Å². The zero-order chi connectivity index (χ0) is 24.8. The molecule has 0 aliphatic heterocycles. The highest BCUT2D eigenvalue weighted by atomic mass is 19.2. The Bertz CT molecular complexity index is 640. The molecule has 0 aliphatic carbocycles. The van der Waals surface area contributed by atoms with Crippen molar-refractivity contribution in [2.75, 3.05) is 19.8 Å². The monoisotopic (exact) mass is 470 g/mol. The predicted molar refractivity (Wildman–Crippen MR) is 77.1 cm³/mol. The van der Waals surface area contributed by atoms with Gasteiger partial charge in [-0.05, 0) is 0 Å². The summed E-state index contributed by atoms with van der Waals surface area (Å²) in [7, 11) is -3.18. The van der Waals surface area contributed by atoms with Crippen molar-refractivity contribution in [2.45, 2.75) is 17.7 Å². The first-order chi connectivity index (χ1) is 13.9. The molecule has 21 nitrogen and oxygen atoms in total. The third-order valence-corrected chi connectivity index (χ3v) is 2.89. The van der Waals surface area contributed by atoms with Crippen molar-refractivity contribution in [2.24, 2.45) is 0 Å². The van der Waals surface area contributed by atoms with Gasteiger partial charge in [0.2, 0.25) is 19.8 Å². The van der Waals surface area contributed by atoms with E-state index in [4.69, 9.17) is 0 Å². The maximum atomic E-state index is 13.6. The Morgan fingerprint density at radius 3 is 0.806 bits per heavy atom. The molecule has 31 heavy (non-hydrogen) atoms. The van der Waals surface area contributed by atoms with Gasteiger partial charge in [0.25, 0.3) is 0 Å². The predicted octanol–water partition coefficient (Wildman–Crippen LogP) is -1.45. The average molecular weight is 470 g/mol. The van der Waals surface area contributed by atoms with Crippen LogP contribution in [-0.2, 0) is 14.0 Å². The molecule has 0 spiro atoms. The second-order valence-corrected chi connectivity index (χ2v) is 4.92. The third kappa shape index (κ3) is 6.06. The lowest BCUT2D eigenvalue weighted by Gasteiger charge is -2.16. The molecule has 0 aliphatic rings. The van der Waals surface area contributed by atoms with Crippen LogP contribution in [0.4, 0.5) is 13.2 Å². The lowest BCUT2D eigenvalue weighted by molar-refractivity contribution is -0.833. The average Bonchev–Trinajstić information content (AvgIpc) is 2.65. The third-order valence-electron chi connectivity index (χ3n) is 2.89. The first-order valence-electron chi connectivity index (χ1n) is 6.73. The molecule has 0 atom stereocenters. The number of halogens is 3. The first-order valence-corrected chi connectivity index (χ1v) is 6.73. The molecule has 0 fully saturated rings. The summed E-state index contributed by atoms with van der Waals surface area (Å²) in [5, 5.41) is 62.5. The summed E-state index contributed by atoms with van der Waals surface area (Å²) in [6.07, 6.45) is 0. The fraction of sp³-hybridized carbons (Fsp3) is 1.00. The molecule has 0 aromatic heterocycles. The van der Waals surface area contributed by atoms with Crippen LogP contribution in [0.15, 0.2) is 0 Å². The zero-order valence-electron chi connectivity index (χ0n) is 14.1. The van der Waals surface area contributed by atoms with Crippen LogP contribution in [0.25, 0.3) is 0 Å². The molecule has 0 bridgehead atoms. The van der Waals surface area contributed by atoms with Crippen LogP contribution in [0, 0.1) is 60.7 Å². The minimum Gasteiger partial charge on any atom is -0.369 e. The van der Waals surface area contributed by atoms with E-state index in [0.29, 0.717) is 0 Å². The Morgan fingerprint density at radius 1 is 0.516 bits per heavy atom. The molecule has 25 heteroatoms. The second-order valence-electron chi connectivity index (χ2n) is 4.92. The van der Waals surface area contributed by atoms with E-state index in [1.807, 2.05) is 0 Å². The number of hydrogen-bond acceptors (Lipinski definition) is 15. The van der Waals surface area contributed by atoms with Gasteiger partial charge >= 0.3 is 25.1 Å². The van der Waals surface area contributed by atoms with Crippen LogP contribution in [-0.4, -0.2) is 74.4 Å². The Morgan fingerprint density at radius 2 is 0.677 bits per heavy atom. The maximum Gasteiger partial charge on any atom is 0.641 e. The zero-order valence-corrected chi connectivity index (χ0v) is 14.1. The van der Waals surface area contributed by atoms with Gasteiger partial charge in [0, 0.05) is 0 Å². The summed E-state index contributed by atoms with van der Waals surface area (Å²) in [4.78, 5) is 49.3. The fourth-order valence-electron chi connectivity index (χ4n) is 1.18. The van der Waals surface area contributed by atoms with Gasteiger partial charge in [-0.3, -0.25) is 60.7 Å². The number of nitrogens with zero attached hydrogens (tertiary/aromatic N) is 6. The van der Waals surface area contributed by atoms with Crippen LogP contribution < -0.4 is 0 Å². The molecule has 0 amide bonds. The molecule has 0 heterocycles. The van der Waals surface area contributed by atoms with Gasteiger partial charge in [0.1, 0.15) is 29.5 Å². The fourth-order valence-corrected chi connectivity index (χ4v) is 1.18. The normalized spacial score (nSPS) is 12.1. The van der Waals surface area contributed by atoms with Crippen molar-refractivity contribution < 1.29 is 56.7 Å². The van der Waals surface area contributed by atoms with E-state index < -0.39 is 74.4 Å². The second kappa shape index (κ2) is 9.76. The molecule has 174 valence electrons. The van der Waals surface area contributed by atoms with Gasteiger partial charge in [-0.15, -0.1) is 0 Å². The summed E-state index contributed by atoms with van der Waals surface area (Å²) in [6.45, 7) is -7.07. The summed E-state index contributed by atoms with van der Waals surface area (Å²) in [6, 6.07) is 0. The number of alkyl halides is 3. The largest absolute Gasteiger partial charge is 0.641 e. The summed E-state index contributed by atoms with van der Waals surface area (Å²) in [5.41, 5.74) is 0. The molecule has 0 aromatic carbocycles. The van der Waals surface area contributed by atoms with Gasteiger partial charge in [-0.2, -0.15) is 0 Å². The Hall–Kier alpha value is -3.87. The molecule has 0 saturated carbocycles. The molecule has 0 rings (SSSR count). The first kappa shape index (κ1) is 27.1. The molecule has 0 aromatic rings. The Kier molecular flexibility index (Phi) is 8.54. The van der Waals surface area contributed by atoms with Gasteiger partial charge < -0.3 is 14.0 Å². The highest BCUT2D eigenvalue weighted by molar-refractivity contribution is 6.36. The van der Waals surface area contributed by atoms with Crippen LogP contribution in [0.5, 0.6) is 0 Å². The molecule has 0 saturated heterocycles. The highest BCUT2D eigenvalue weighted by Crippen LogP contribution is 2.19. The van der Waals surface area contributed by atoms with Crippen molar-refractivity contribution in [3.05, 3.63) is 60.7 Å². The van der Waals surface area contributed by atoms with Crippen LogP contribution in [0.3, 0.4) is 0 Å². The van der Waals surface area contributed by atoms with Crippen LogP contribution in [0.2, 0.25) is 0 Å². The molecular weight excluding hydrogens is 464 g/mol. The topological polar surface area (TPSA) is 287 Å². The SMILES string of the molecule is O=[N+]([O-])C(F)(COB(OCC(F)([N+](=O)[O-])[N+](=O)[O-])OCC(F)([N+](=O)[O-])[N+](=O)[O-])[N+](=O)[O-]. The van der Waals surface area contributed by atoms with Crippen molar-refractivity contribution in [1.29, 1.82) is 0 Å². The Balaban J connectivity index is 5.71. The summed E-state index contributed by atoms with van der Waals surface area (Å²) >= 11 is 0.